The molecule has 6 heteroatoms. The van der Waals surface area contributed by atoms with Gasteiger partial charge in [0.2, 0.25) is 0 Å². The average molecular weight is 327 g/mol. The zero-order valence-electron chi connectivity index (χ0n) is 13.5. The van der Waals surface area contributed by atoms with Crippen molar-refractivity contribution in [2.75, 3.05) is 25.7 Å². The van der Waals surface area contributed by atoms with E-state index in [9.17, 15) is 4.39 Å². The van der Waals surface area contributed by atoms with Crippen LogP contribution in [0.1, 0.15) is 11.1 Å². The van der Waals surface area contributed by atoms with Gasteiger partial charge in [-0.3, -0.25) is 0 Å². The predicted octanol–water partition coefficient (Wildman–Crippen LogP) is 3.15. The maximum Gasteiger partial charge on any atom is 0.129 e. The molecule has 0 aliphatic rings. The Hall–Kier alpha value is -3.02. The molecule has 5 nitrogen and oxygen atoms in total. The lowest BCUT2D eigenvalue weighted by atomic mass is 10.0. The van der Waals surface area contributed by atoms with E-state index in [-0.39, 0.29) is 11.6 Å². The lowest BCUT2D eigenvalue weighted by Crippen LogP contribution is -2.06. The van der Waals surface area contributed by atoms with Crippen LogP contribution in [0.4, 0.5) is 15.9 Å². The second-order valence-electron chi connectivity index (χ2n) is 5.41. The van der Waals surface area contributed by atoms with E-state index < -0.39 is 0 Å². The molecule has 0 spiro atoms. The molecular weight excluding hydrogens is 309 g/mol. The Labute approximate surface area is 139 Å². The SMILES string of the molecule is COc1ccc(Cc2c(N)nc3cc(F)ccc3c2N)c(OC)c1. The minimum atomic E-state index is -0.377. The van der Waals surface area contributed by atoms with Crippen molar-refractivity contribution >= 4 is 22.4 Å². The fraction of sp³-hybridized carbons (Fsp3) is 0.167. The van der Waals surface area contributed by atoms with Gasteiger partial charge in [0.15, 0.2) is 0 Å². The number of aromatic nitrogens is 1. The molecule has 0 saturated carbocycles. The van der Waals surface area contributed by atoms with E-state index in [0.29, 0.717) is 40.1 Å². The Morgan fingerprint density at radius 2 is 1.83 bits per heavy atom. The smallest absolute Gasteiger partial charge is 0.129 e. The van der Waals surface area contributed by atoms with Crippen LogP contribution >= 0.6 is 0 Å². The van der Waals surface area contributed by atoms with Gasteiger partial charge in [-0.15, -0.1) is 0 Å². The first-order valence-corrected chi connectivity index (χ1v) is 7.37. The van der Waals surface area contributed by atoms with Gasteiger partial charge in [-0.05, 0) is 23.8 Å². The topological polar surface area (TPSA) is 83.4 Å². The predicted molar refractivity (Wildman–Crippen MR) is 92.9 cm³/mol. The fourth-order valence-corrected chi connectivity index (χ4v) is 2.70. The third-order valence-electron chi connectivity index (χ3n) is 3.99. The van der Waals surface area contributed by atoms with E-state index in [1.54, 1.807) is 26.4 Å². The number of nitrogen functional groups attached to an aromatic ring is 2. The maximum absolute atomic E-state index is 13.4. The van der Waals surface area contributed by atoms with Crippen molar-refractivity contribution in [3.05, 3.63) is 53.3 Å². The van der Waals surface area contributed by atoms with Crippen LogP contribution in [0.2, 0.25) is 0 Å². The lowest BCUT2D eigenvalue weighted by molar-refractivity contribution is 0.391. The summed E-state index contributed by atoms with van der Waals surface area (Å²) in [5.41, 5.74) is 14.8. The van der Waals surface area contributed by atoms with Crippen LogP contribution in [-0.4, -0.2) is 19.2 Å². The third-order valence-corrected chi connectivity index (χ3v) is 3.99. The minimum Gasteiger partial charge on any atom is -0.497 e. The van der Waals surface area contributed by atoms with Gasteiger partial charge in [-0.2, -0.15) is 0 Å². The van der Waals surface area contributed by atoms with Gasteiger partial charge in [0.25, 0.3) is 0 Å². The molecule has 1 heterocycles. The molecule has 0 saturated heterocycles. The van der Waals surface area contributed by atoms with Crippen LogP contribution in [0.3, 0.4) is 0 Å². The molecule has 0 atom stereocenters. The van der Waals surface area contributed by atoms with Gasteiger partial charge in [-0.25, -0.2) is 9.37 Å². The molecule has 0 aliphatic heterocycles. The Morgan fingerprint density at radius 3 is 2.54 bits per heavy atom. The maximum atomic E-state index is 13.4. The van der Waals surface area contributed by atoms with E-state index in [4.69, 9.17) is 20.9 Å². The Balaban J connectivity index is 2.09. The molecule has 24 heavy (non-hydrogen) atoms. The van der Waals surface area contributed by atoms with Crippen LogP contribution in [0.5, 0.6) is 11.5 Å². The first-order chi connectivity index (χ1) is 11.5. The molecular formula is C18H18FN3O2. The van der Waals surface area contributed by atoms with Crippen molar-refractivity contribution in [3.8, 4) is 11.5 Å². The molecule has 124 valence electrons. The Morgan fingerprint density at radius 1 is 1.04 bits per heavy atom. The molecule has 3 aromatic rings. The van der Waals surface area contributed by atoms with E-state index in [1.807, 2.05) is 12.1 Å². The summed E-state index contributed by atoms with van der Waals surface area (Å²) >= 11 is 0. The lowest BCUT2D eigenvalue weighted by Gasteiger charge is -2.14. The first-order valence-electron chi connectivity index (χ1n) is 7.37. The number of nitrogens with two attached hydrogens (primary N) is 2. The quantitative estimate of drug-likeness (QED) is 0.769. The van der Waals surface area contributed by atoms with E-state index in [0.717, 1.165) is 5.56 Å². The van der Waals surface area contributed by atoms with Crippen molar-refractivity contribution in [1.29, 1.82) is 0 Å². The number of halogens is 1. The molecule has 1 aromatic heterocycles. The number of pyridine rings is 1. The number of hydrogen-bond acceptors (Lipinski definition) is 5. The van der Waals surface area contributed by atoms with Gasteiger partial charge >= 0.3 is 0 Å². The summed E-state index contributed by atoms with van der Waals surface area (Å²) in [4.78, 5) is 4.27. The minimum absolute atomic E-state index is 0.281. The molecule has 4 N–H and O–H groups in total. The number of rotatable bonds is 4. The summed E-state index contributed by atoms with van der Waals surface area (Å²) in [6.07, 6.45) is 0.450. The monoisotopic (exact) mass is 327 g/mol. The third kappa shape index (κ3) is 2.78. The zero-order valence-corrected chi connectivity index (χ0v) is 13.5. The van der Waals surface area contributed by atoms with Gasteiger partial charge in [0.05, 0.1) is 19.7 Å². The summed E-state index contributed by atoms with van der Waals surface area (Å²) in [5, 5.41) is 0.674. The van der Waals surface area contributed by atoms with E-state index in [2.05, 4.69) is 4.98 Å². The van der Waals surface area contributed by atoms with Gasteiger partial charge < -0.3 is 20.9 Å². The van der Waals surface area contributed by atoms with Gasteiger partial charge in [-0.1, -0.05) is 6.07 Å². The largest absolute Gasteiger partial charge is 0.497 e. The van der Waals surface area contributed by atoms with Gasteiger partial charge in [0.1, 0.15) is 23.1 Å². The number of nitrogens with zero attached hydrogens (tertiary/aromatic N) is 1. The number of anilines is 2. The Bertz CT molecular complexity index is 912. The van der Waals surface area contributed by atoms with Crippen molar-refractivity contribution in [2.24, 2.45) is 0 Å². The molecule has 0 aliphatic carbocycles. The van der Waals surface area contributed by atoms with Crippen molar-refractivity contribution in [2.45, 2.75) is 6.42 Å². The van der Waals surface area contributed by atoms with Crippen LogP contribution in [0.25, 0.3) is 10.9 Å². The normalized spacial score (nSPS) is 10.8. The standard InChI is InChI=1S/C18H18FN3O2/c1-23-12-5-3-10(16(9-12)24-2)7-14-17(20)13-6-4-11(19)8-15(13)22-18(14)21/h3-6,8-9H,7H2,1-2H3,(H4,20,21,22). The van der Waals surface area contributed by atoms with Crippen LogP contribution in [-0.2, 0) is 6.42 Å². The summed E-state index contributed by atoms with van der Waals surface area (Å²) in [5.74, 6) is 1.28. The highest BCUT2D eigenvalue weighted by Gasteiger charge is 2.15. The van der Waals surface area contributed by atoms with Crippen LogP contribution in [0, 0.1) is 5.82 Å². The molecule has 2 aromatic carbocycles. The summed E-state index contributed by atoms with van der Waals surface area (Å²) in [6, 6.07) is 9.82. The molecule has 0 unspecified atom stereocenters. The number of fused-ring (bicyclic) bond motifs is 1. The highest BCUT2D eigenvalue weighted by atomic mass is 19.1. The summed E-state index contributed by atoms with van der Waals surface area (Å²) in [7, 11) is 3.18. The van der Waals surface area contributed by atoms with Crippen molar-refractivity contribution < 1.29 is 13.9 Å². The molecule has 0 fully saturated rings. The van der Waals surface area contributed by atoms with E-state index >= 15 is 0 Å². The van der Waals surface area contributed by atoms with Crippen molar-refractivity contribution in [1.82, 2.24) is 4.98 Å². The number of methoxy groups -OCH3 is 2. The van der Waals surface area contributed by atoms with Crippen LogP contribution < -0.4 is 20.9 Å². The molecule has 0 amide bonds. The molecule has 3 rings (SSSR count). The number of ether oxygens (including phenoxy) is 2. The highest BCUT2D eigenvalue weighted by Crippen LogP contribution is 2.33. The van der Waals surface area contributed by atoms with Crippen LogP contribution in [0.15, 0.2) is 36.4 Å². The van der Waals surface area contributed by atoms with Crippen molar-refractivity contribution in [3.63, 3.8) is 0 Å². The van der Waals surface area contributed by atoms with E-state index in [1.165, 1.54) is 12.1 Å². The Kier molecular flexibility index (Phi) is 4.12. The summed E-state index contributed by atoms with van der Waals surface area (Å²) in [6.45, 7) is 0. The second-order valence-corrected chi connectivity index (χ2v) is 5.41. The number of hydrogen-bond donors (Lipinski definition) is 2. The summed E-state index contributed by atoms with van der Waals surface area (Å²) < 4.78 is 24.0. The fourth-order valence-electron chi connectivity index (χ4n) is 2.70. The molecule has 0 bridgehead atoms. The molecule has 0 radical (unpaired) electrons. The second kappa shape index (κ2) is 6.23. The first kappa shape index (κ1) is 15.9. The van der Waals surface area contributed by atoms with Gasteiger partial charge in [0, 0.05) is 35.2 Å². The highest BCUT2D eigenvalue weighted by molar-refractivity contribution is 5.94. The number of benzene rings is 2. The zero-order chi connectivity index (χ0) is 17.3. The average Bonchev–Trinajstić information content (AvgIpc) is 2.58.